The lowest BCUT2D eigenvalue weighted by Crippen LogP contribution is -2.35. The molecule has 2 nitrogen and oxygen atoms in total. The van der Waals surface area contributed by atoms with Crippen LogP contribution in [0.1, 0.15) is 47.0 Å². The minimum atomic E-state index is -0.130. The summed E-state index contributed by atoms with van der Waals surface area (Å²) in [6.45, 7) is 8.65. The molecule has 130 valence electrons. The van der Waals surface area contributed by atoms with Crippen molar-refractivity contribution in [1.82, 2.24) is 0 Å². The zero-order valence-corrected chi connectivity index (χ0v) is 16.0. The largest absolute Gasteiger partial charge is 0.372 e. The van der Waals surface area contributed by atoms with Crippen LogP contribution in [0.4, 0.5) is 0 Å². The van der Waals surface area contributed by atoms with Crippen LogP contribution in [0.25, 0.3) is 0 Å². The molecule has 2 aliphatic rings. The van der Waals surface area contributed by atoms with Gasteiger partial charge in [0.1, 0.15) is 0 Å². The van der Waals surface area contributed by atoms with E-state index in [9.17, 15) is 4.79 Å². The maximum atomic E-state index is 12.5. The third-order valence-electron chi connectivity index (χ3n) is 4.97. The smallest absolute Gasteiger partial charge is 0.159 e. The molecule has 0 aliphatic heterocycles. The molecule has 0 heterocycles. The van der Waals surface area contributed by atoms with Gasteiger partial charge in [-0.3, -0.25) is 4.79 Å². The van der Waals surface area contributed by atoms with Gasteiger partial charge in [-0.15, -0.1) is 11.8 Å². The molecule has 0 aromatic heterocycles. The zero-order valence-electron chi connectivity index (χ0n) is 15.2. The molecule has 1 saturated carbocycles. The van der Waals surface area contributed by atoms with E-state index < -0.39 is 0 Å². The van der Waals surface area contributed by atoms with E-state index in [-0.39, 0.29) is 11.7 Å². The molecule has 1 aromatic rings. The second kappa shape index (κ2) is 7.05. The van der Waals surface area contributed by atoms with Crippen molar-refractivity contribution >= 4 is 17.5 Å². The summed E-state index contributed by atoms with van der Waals surface area (Å²) in [4.78, 5) is 13.8. The summed E-state index contributed by atoms with van der Waals surface area (Å²) in [7, 11) is 0. The third-order valence-corrected chi connectivity index (χ3v) is 6.01. The van der Waals surface area contributed by atoms with Crippen LogP contribution in [0.2, 0.25) is 0 Å². The molecule has 2 aliphatic carbocycles. The quantitative estimate of drug-likeness (QED) is 0.695. The molecule has 0 radical (unpaired) electrons. The lowest BCUT2D eigenvalue weighted by Gasteiger charge is -2.33. The molecule has 0 saturated heterocycles. The molecule has 24 heavy (non-hydrogen) atoms. The van der Waals surface area contributed by atoms with Gasteiger partial charge in [-0.2, -0.15) is 0 Å². The molecule has 0 spiro atoms. The molecule has 0 amide bonds. The maximum Gasteiger partial charge on any atom is 0.159 e. The van der Waals surface area contributed by atoms with Crippen molar-refractivity contribution in [3.05, 3.63) is 41.5 Å². The highest BCUT2D eigenvalue weighted by molar-refractivity contribution is 7.99. The van der Waals surface area contributed by atoms with E-state index in [1.807, 2.05) is 6.07 Å². The summed E-state index contributed by atoms with van der Waals surface area (Å²) in [5.74, 6) is 2.08. The Balaban J connectivity index is 1.80. The number of carbonyl (C=O) groups excluding carboxylic acids is 1. The van der Waals surface area contributed by atoms with Crippen molar-refractivity contribution in [3.63, 3.8) is 0 Å². The molecule has 0 bridgehead atoms. The number of ketones is 1. The highest BCUT2D eigenvalue weighted by atomic mass is 32.2. The fourth-order valence-electron chi connectivity index (χ4n) is 3.96. The number of rotatable bonds is 4. The Hall–Kier alpha value is -1.06. The van der Waals surface area contributed by atoms with E-state index in [2.05, 4.69) is 52.0 Å². The van der Waals surface area contributed by atoms with Gasteiger partial charge in [-0.05, 0) is 51.7 Å². The molecule has 1 aromatic carbocycles. The van der Waals surface area contributed by atoms with Crippen molar-refractivity contribution in [3.8, 4) is 0 Å². The molecule has 1 fully saturated rings. The Morgan fingerprint density at radius 1 is 1.21 bits per heavy atom. The number of fused-ring (bicyclic) bond motifs is 1. The second-order valence-corrected chi connectivity index (χ2v) is 9.10. The molecule has 2 unspecified atom stereocenters. The predicted molar refractivity (Wildman–Crippen MR) is 100 cm³/mol. The SMILES string of the molecule is CC1CC2=C(CSc3ccccc3)C(=O)CCC2[C@@H]1OC(C)(C)C. The van der Waals surface area contributed by atoms with Crippen LogP contribution in [0.5, 0.6) is 0 Å². The number of Topliss-reactive ketones (excluding diaryl/α,β-unsaturated/α-hetero) is 1. The van der Waals surface area contributed by atoms with Crippen molar-refractivity contribution in [1.29, 1.82) is 0 Å². The fraction of sp³-hybridized carbons (Fsp3) is 0.571. The van der Waals surface area contributed by atoms with E-state index in [0.29, 0.717) is 24.0 Å². The molecule has 3 heteroatoms. The standard InChI is InChI=1S/C21H28O2S/c1-14-12-17-16(20(14)23-21(2,3)4)10-11-19(22)18(17)13-24-15-8-6-5-7-9-15/h5-9,14,16,20H,10-13H2,1-4H3/t14?,16?,20-/m1/s1. The number of thioether (sulfide) groups is 1. The number of hydrogen-bond acceptors (Lipinski definition) is 3. The van der Waals surface area contributed by atoms with Gasteiger partial charge in [0.15, 0.2) is 5.78 Å². The average molecular weight is 345 g/mol. The summed E-state index contributed by atoms with van der Waals surface area (Å²) in [6, 6.07) is 10.4. The lowest BCUT2D eigenvalue weighted by molar-refractivity contribution is -0.117. The molecular weight excluding hydrogens is 316 g/mol. The normalized spacial score (nSPS) is 27.5. The molecular formula is C21H28O2S. The van der Waals surface area contributed by atoms with Crippen molar-refractivity contribution in [2.24, 2.45) is 11.8 Å². The summed E-state index contributed by atoms with van der Waals surface area (Å²) in [5.41, 5.74) is 2.33. The summed E-state index contributed by atoms with van der Waals surface area (Å²) in [6.07, 6.45) is 2.90. The zero-order chi connectivity index (χ0) is 17.3. The molecule has 0 N–H and O–H groups in total. The van der Waals surface area contributed by atoms with Crippen molar-refractivity contribution in [2.75, 3.05) is 5.75 Å². The summed E-state index contributed by atoms with van der Waals surface area (Å²) < 4.78 is 6.37. The van der Waals surface area contributed by atoms with Gasteiger partial charge in [0.25, 0.3) is 0 Å². The van der Waals surface area contributed by atoms with Crippen LogP contribution in [-0.4, -0.2) is 23.2 Å². The first-order valence-electron chi connectivity index (χ1n) is 8.96. The van der Waals surface area contributed by atoms with Crippen LogP contribution in [0, 0.1) is 11.8 Å². The van der Waals surface area contributed by atoms with Gasteiger partial charge in [0, 0.05) is 28.6 Å². The van der Waals surface area contributed by atoms with Crippen molar-refractivity contribution in [2.45, 2.75) is 63.6 Å². The van der Waals surface area contributed by atoms with Crippen molar-refractivity contribution < 1.29 is 9.53 Å². The fourth-order valence-corrected chi connectivity index (χ4v) is 4.97. The second-order valence-electron chi connectivity index (χ2n) is 8.05. The monoisotopic (exact) mass is 344 g/mol. The Kier molecular flexibility index (Phi) is 5.22. The van der Waals surface area contributed by atoms with Crippen LogP contribution >= 0.6 is 11.8 Å². The first kappa shape index (κ1) is 17.8. The number of benzene rings is 1. The Labute approximate surface area is 150 Å². The van der Waals surface area contributed by atoms with Gasteiger partial charge >= 0.3 is 0 Å². The summed E-state index contributed by atoms with van der Waals surface area (Å²) >= 11 is 1.78. The lowest BCUT2D eigenvalue weighted by atomic mass is 9.83. The predicted octanol–water partition coefficient (Wildman–Crippen LogP) is 5.28. The first-order chi connectivity index (χ1) is 11.3. The van der Waals surface area contributed by atoms with Gasteiger partial charge < -0.3 is 4.74 Å². The number of hydrogen-bond donors (Lipinski definition) is 0. The summed E-state index contributed by atoms with van der Waals surface area (Å²) in [5, 5.41) is 0. The van der Waals surface area contributed by atoms with Gasteiger partial charge in [-0.1, -0.05) is 30.7 Å². The Bertz CT molecular complexity index is 627. The minimum Gasteiger partial charge on any atom is -0.372 e. The van der Waals surface area contributed by atoms with Gasteiger partial charge in [-0.25, -0.2) is 0 Å². The van der Waals surface area contributed by atoms with E-state index >= 15 is 0 Å². The number of ether oxygens (including phenoxy) is 1. The molecule has 3 atom stereocenters. The van der Waals surface area contributed by atoms with E-state index in [0.717, 1.165) is 24.2 Å². The average Bonchev–Trinajstić information content (AvgIpc) is 2.82. The maximum absolute atomic E-state index is 12.5. The third kappa shape index (κ3) is 3.94. The van der Waals surface area contributed by atoms with Gasteiger partial charge in [0.05, 0.1) is 11.7 Å². The van der Waals surface area contributed by atoms with Crippen LogP contribution in [0.15, 0.2) is 46.4 Å². The highest BCUT2D eigenvalue weighted by Crippen LogP contribution is 2.47. The minimum absolute atomic E-state index is 0.130. The van der Waals surface area contributed by atoms with Crippen LogP contribution in [-0.2, 0) is 9.53 Å². The molecule has 3 rings (SSSR count). The number of carbonyl (C=O) groups is 1. The first-order valence-corrected chi connectivity index (χ1v) is 9.94. The van der Waals surface area contributed by atoms with E-state index in [1.54, 1.807) is 11.8 Å². The van der Waals surface area contributed by atoms with Crippen LogP contribution in [0.3, 0.4) is 0 Å². The Morgan fingerprint density at radius 2 is 1.92 bits per heavy atom. The van der Waals surface area contributed by atoms with Crippen LogP contribution < -0.4 is 0 Å². The Morgan fingerprint density at radius 3 is 2.58 bits per heavy atom. The van der Waals surface area contributed by atoms with E-state index in [4.69, 9.17) is 4.74 Å². The van der Waals surface area contributed by atoms with E-state index in [1.165, 1.54) is 10.5 Å². The topological polar surface area (TPSA) is 26.3 Å². The van der Waals surface area contributed by atoms with Gasteiger partial charge in [0.2, 0.25) is 0 Å². The highest BCUT2D eigenvalue weighted by Gasteiger charge is 2.44.